The van der Waals surface area contributed by atoms with Gasteiger partial charge in [0.25, 0.3) is 0 Å². The topological polar surface area (TPSA) is 79.7 Å². The van der Waals surface area contributed by atoms with Crippen molar-refractivity contribution in [1.82, 2.24) is 19.4 Å². The van der Waals surface area contributed by atoms with Gasteiger partial charge in [-0.2, -0.15) is 0 Å². The summed E-state index contributed by atoms with van der Waals surface area (Å²) in [6.45, 7) is 6.38. The van der Waals surface area contributed by atoms with E-state index in [1.165, 1.54) is 0 Å². The highest BCUT2D eigenvalue weighted by atomic mass is 35.5. The highest BCUT2D eigenvalue weighted by molar-refractivity contribution is 6.30. The molecule has 2 aliphatic rings. The van der Waals surface area contributed by atoms with Crippen LogP contribution in [0.3, 0.4) is 0 Å². The predicted molar refractivity (Wildman–Crippen MR) is 153 cm³/mol. The van der Waals surface area contributed by atoms with Crippen molar-refractivity contribution in [3.63, 3.8) is 0 Å². The second kappa shape index (κ2) is 12.8. The number of anilines is 1. The van der Waals surface area contributed by atoms with Crippen molar-refractivity contribution < 1.29 is 14.3 Å². The van der Waals surface area contributed by atoms with Gasteiger partial charge in [-0.3, -0.25) is 24.4 Å². The number of morpholine rings is 1. The van der Waals surface area contributed by atoms with E-state index >= 15 is 0 Å². The molecule has 8 nitrogen and oxygen atoms in total. The number of benzene rings is 2. The van der Waals surface area contributed by atoms with Crippen LogP contribution in [-0.2, 0) is 14.3 Å². The number of amides is 2. The number of carbonyl (C=O) groups excluding carboxylic acids is 2. The smallest absolute Gasteiger partial charge is 0.246 e. The molecule has 206 valence electrons. The highest BCUT2D eigenvalue weighted by Crippen LogP contribution is 2.28. The van der Waals surface area contributed by atoms with Crippen LogP contribution in [0, 0.1) is 12.8 Å². The van der Waals surface area contributed by atoms with Crippen LogP contribution in [-0.4, -0.2) is 77.1 Å². The summed E-state index contributed by atoms with van der Waals surface area (Å²) >= 11 is 6.09. The number of halogens is 1. The van der Waals surface area contributed by atoms with E-state index < -0.39 is 0 Å². The highest BCUT2D eigenvalue weighted by Gasteiger charge is 2.29. The summed E-state index contributed by atoms with van der Waals surface area (Å²) in [5, 5.41) is 3.65. The Morgan fingerprint density at radius 1 is 1.05 bits per heavy atom. The number of imidazole rings is 1. The van der Waals surface area contributed by atoms with Crippen LogP contribution in [0.25, 0.3) is 16.9 Å². The maximum Gasteiger partial charge on any atom is 0.246 e. The number of rotatable bonds is 9. The van der Waals surface area contributed by atoms with Gasteiger partial charge >= 0.3 is 0 Å². The first kappa shape index (κ1) is 27.4. The second-order valence-electron chi connectivity index (χ2n) is 10.4. The fourth-order valence-electron chi connectivity index (χ4n) is 5.25. The lowest BCUT2D eigenvalue weighted by Gasteiger charge is -2.31. The molecule has 0 atom stereocenters. The normalized spacial score (nSPS) is 16.4. The Bertz CT molecular complexity index is 1260. The molecule has 1 aliphatic carbocycles. The molecule has 1 N–H and O–H groups in total. The first-order valence-corrected chi connectivity index (χ1v) is 14.2. The maximum atomic E-state index is 13.4. The lowest BCUT2D eigenvalue weighted by molar-refractivity contribution is -0.138. The molecule has 1 aromatic heterocycles. The third-order valence-electron chi connectivity index (χ3n) is 7.55. The fourth-order valence-corrected chi connectivity index (χ4v) is 5.38. The van der Waals surface area contributed by atoms with E-state index in [9.17, 15) is 9.59 Å². The van der Waals surface area contributed by atoms with Crippen LogP contribution < -0.4 is 5.32 Å². The van der Waals surface area contributed by atoms with E-state index in [0.717, 1.165) is 62.1 Å². The molecule has 3 aromatic rings. The van der Waals surface area contributed by atoms with Crippen molar-refractivity contribution in [2.24, 2.45) is 5.92 Å². The van der Waals surface area contributed by atoms with Gasteiger partial charge < -0.3 is 9.64 Å². The molecule has 0 bridgehead atoms. The molecule has 39 heavy (non-hydrogen) atoms. The molecule has 0 radical (unpaired) electrons. The Balaban J connectivity index is 1.35. The van der Waals surface area contributed by atoms with Crippen molar-refractivity contribution in [2.75, 3.05) is 51.3 Å². The summed E-state index contributed by atoms with van der Waals surface area (Å²) in [5.74, 6) is 0.244. The van der Waals surface area contributed by atoms with Crippen molar-refractivity contribution in [2.45, 2.75) is 32.6 Å². The summed E-state index contributed by atoms with van der Waals surface area (Å²) < 4.78 is 7.33. The SMILES string of the molecule is Cc1ccc(-n2cc(-c3ccc(Cl)cc3)nc2NC(=O)CN(CCN2CCOCC2)C(=O)C2CCCC2)cc1. The van der Waals surface area contributed by atoms with E-state index in [1.54, 1.807) is 4.90 Å². The van der Waals surface area contributed by atoms with E-state index in [2.05, 4.69) is 10.2 Å². The predicted octanol–water partition coefficient (Wildman–Crippen LogP) is 4.79. The zero-order valence-electron chi connectivity index (χ0n) is 22.4. The first-order valence-electron chi connectivity index (χ1n) is 13.8. The van der Waals surface area contributed by atoms with Gasteiger partial charge in [0.05, 0.1) is 25.5 Å². The summed E-state index contributed by atoms with van der Waals surface area (Å²) in [4.78, 5) is 35.6. The van der Waals surface area contributed by atoms with Crippen LogP contribution in [0.15, 0.2) is 54.7 Å². The molecule has 2 amide bonds. The fraction of sp³-hybridized carbons (Fsp3) is 0.433. The zero-order chi connectivity index (χ0) is 27.2. The van der Waals surface area contributed by atoms with Gasteiger partial charge in [-0.1, -0.05) is 54.3 Å². The quantitative estimate of drug-likeness (QED) is 0.415. The van der Waals surface area contributed by atoms with Gasteiger partial charge in [-0.05, 0) is 44.0 Å². The third-order valence-corrected chi connectivity index (χ3v) is 7.80. The molecule has 1 saturated carbocycles. The third kappa shape index (κ3) is 7.06. The Kier molecular flexibility index (Phi) is 8.96. The van der Waals surface area contributed by atoms with Crippen molar-refractivity contribution in [3.8, 4) is 16.9 Å². The molecular formula is C30H36ClN5O3. The van der Waals surface area contributed by atoms with Crippen LogP contribution in [0.1, 0.15) is 31.2 Å². The van der Waals surface area contributed by atoms with E-state index in [-0.39, 0.29) is 24.3 Å². The molecule has 5 rings (SSSR count). The Labute approximate surface area is 234 Å². The maximum absolute atomic E-state index is 13.4. The average molecular weight is 550 g/mol. The minimum absolute atomic E-state index is 0.00326. The first-order chi connectivity index (χ1) is 19.0. The van der Waals surface area contributed by atoms with Crippen LogP contribution in [0.4, 0.5) is 5.95 Å². The largest absolute Gasteiger partial charge is 0.379 e. The van der Waals surface area contributed by atoms with Crippen molar-refractivity contribution >= 4 is 29.4 Å². The summed E-state index contributed by atoms with van der Waals surface area (Å²) in [5.41, 5.74) is 3.64. The lowest BCUT2D eigenvalue weighted by Crippen LogP contribution is -2.46. The number of hydrogen-bond acceptors (Lipinski definition) is 5. The average Bonchev–Trinajstić information content (AvgIpc) is 3.63. The van der Waals surface area contributed by atoms with Gasteiger partial charge in [-0.15, -0.1) is 0 Å². The number of aryl methyl sites for hydroxylation is 1. The summed E-state index contributed by atoms with van der Waals surface area (Å²) in [6, 6.07) is 15.5. The standard InChI is InChI=1S/C30H36ClN5O3/c1-22-6-12-26(13-7-22)36-20-27(23-8-10-25(31)11-9-23)32-30(36)33-28(37)21-35(29(38)24-4-2-3-5-24)15-14-34-16-18-39-19-17-34/h6-13,20,24H,2-5,14-19,21H2,1H3,(H,32,33,37). The summed E-state index contributed by atoms with van der Waals surface area (Å²) in [6.07, 6.45) is 5.85. The van der Waals surface area contributed by atoms with Gasteiger partial charge in [0.1, 0.15) is 0 Å². The number of hydrogen-bond donors (Lipinski definition) is 1. The molecule has 2 heterocycles. The van der Waals surface area contributed by atoms with Crippen molar-refractivity contribution in [3.05, 3.63) is 65.3 Å². The molecule has 1 aliphatic heterocycles. The van der Waals surface area contributed by atoms with Crippen LogP contribution in [0.5, 0.6) is 0 Å². The monoisotopic (exact) mass is 549 g/mol. The van der Waals surface area contributed by atoms with Crippen LogP contribution in [0.2, 0.25) is 5.02 Å². The minimum atomic E-state index is -0.259. The van der Waals surface area contributed by atoms with Gasteiger partial charge in [-0.25, -0.2) is 4.98 Å². The Hall–Kier alpha value is -3.20. The molecule has 9 heteroatoms. The molecule has 1 saturated heterocycles. The Morgan fingerprint density at radius 3 is 2.44 bits per heavy atom. The number of nitrogens with one attached hydrogen (secondary N) is 1. The van der Waals surface area contributed by atoms with E-state index in [0.29, 0.717) is 36.4 Å². The van der Waals surface area contributed by atoms with E-state index in [4.69, 9.17) is 21.3 Å². The zero-order valence-corrected chi connectivity index (χ0v) is 23.2. The van der Waals surface area contributed by atoms with E-state index in [1.807, 2.05) is 66.2 Å². The number of aromatic nitrogens is 2. The second-order valence-corrected chi connectivity index (χ2v) is 10.8. The Morgan fingerprint density at radius 2 is 1.74 bits per heavy atom. The van der Waals surface area contributed by atoms with Gasteiger partial charge in [0.15, 0.2) is 0 Å². The molecule has 0 unspecified atom stereocenters. The molecular weight excluding hydrogens is 514 g/mol. The number of nitrogens with zero attached hydrogens (tertiary/aromatic N) is 4. The molecule has 2 aromatic carbocycles. The van der Waals surface area contributed by atoms with Gasteiger partial charge in [0.2, 0.25) is 17.8 Å². The van der Waals surface area contributed by atoms with Crippen LogP contribution >= 0.6 is 11.6 Å². The van der Waals surface area contributed by atoms with Crippen molar-refractivity contribution in [1.29, 1.82) is 0 Å². The number of ether oxygens (including phenoxy) is 1. The molecule has 2 fully saturated rings. The molecule has 0 spiro atoms. The number of carbonyl (C=O) groups is 2. The summed E-state index contributed by atoms with van der Waals surface area (Å²) in [7, 11) is 0. The lowest BCUT2D eigenvalue weighted by atomic mass is 10.1. The van der Waals surface area contributed by atoms with Gasteiger partial charge in [0, 0.05) is 54.6 Å². The minimum Gasteiger partial charge on any atom is -0.379 e.